The molecule has 0 spiro atoms. The first-order valence-corrected chi connectivity index (χ1v) is 12.9. The van der Waals surface area contributed by atoms with E-state index in [-0.39, 0.29) is 24.1 Å². The lowest BCUT2D eigenvalue weighted by Crippen LogP contribution is -2.31. The van der Waals surface area contributed by atoms with E-state index in [9.17, 15) is 13.2 Å². The van der Waals surface area contributed by atoms with Crippen molar-refractivity contribution in [2.24, 2.45) is 0 Å². The Bertz CT molecular complexity index is 1410. The van der Waals surface area contributed by atoms with E-state index in [1.54, 1.807) is 31.5 Å². The van der Waals surface area contributed by atoms with Crippen LogP contribution in [0.15, 0.2) is 102 Å². The summed E-state index contributed by atoms with van der Waals surface area (Å²) in [7, 11) is -2.54. The van der Waals surface area contributed by atoms with Crippen LogP contribution in [-0.4, -0.2) is 35.8 Å². The van der Waals surface area contributed by atoms with Crippen LogP contribution in [0.3, 0.4) is 0 Å². The molecule has 8 heteroatoms. The second kappa shape index (κ2) is 11.2. The van der Waals surface area contributed by atoms with Crippen LogP contribution in [0.1, 0.15) is 29.5 Å². The highest BCUT2D eigenvalue weighted by molar-refractivity contribution is 7.89. The average molecular weight is 502 g/mol. The number of rotatable bonds is 9. The van der Waals surface area contributed by atoms with Crippen LogP contribution < -0.4 is 0 Å². The molecule has 0 bridgehead atoms. The number of carbonyl (C=O) groups excluding carboxylic acids is 1. The Labute approximate surface area is 211 Å². The molecule has 2 heterocycles. The minimum Gasteiger partial charge on any atom is -0.469 e. The predicted molar refractivity (Wildman–Crippen MR) is 137 cm³/mol. The Morgan fingerprint density at radius 2 is 1.67 bits per heavy atom. The maximum Gasteiger partial charge on any atom is 0.312 e. The number of pyridine rings is 2. The first-order chi connectivity index (χ1) is 17.4. The van der Waals surface area contributed by atoms with Crippen molar-refractivity contribution in [3.05, 3.63) is 114 Å². The summed E-state index contributed by atoms with van der Waals surface area (Å²) in [6, 6.07) is 23.8. The summed E-state index contributed by atoms with van der Waals surface area (Å²) < 4.78 is 33.4. The topological polar surface area (TPSA) is 89.5 Å². The van der Waals surface area contributed by atoms with Crippen LogP contribution in [-0.2, 0) is 32.6 Å². The fourth-order valence-corrected chi connectivity index (χ4v) is 5.22. The van der Waals surface area contributed by atoms with Crippen molar-refractivity contribution >= 4 is 16.0 Å². The van der Waals surface area contributed by atoms with Gasteiger partial charge in [-0.2, -0.15) is 4.31 Å². The van der Waals surface area contributed by atoms with Gasteiger partial charge >= 0.3 is 5.97 Å². The van der Waals surface area contributed by atoms with Gasteiger partial charge < -0.3 is 4.74 Å². The SMILES string of the molecule is COC(=O)C(C)c1cccc(CN(Cc2ccc(-c3cccnc3)cc2)S(=O)(=O)c2ccccn2)c1. The summed E-state index contributed by atoms with van der Waals surface area (Å²) >= 11 is 0. The largest absolute Gasteiger partial charge is 0.469 e. The van der Waals surface area contributed by atoms with E-state index in [1.807, 2.05) is 60.7 Å². The average Bonchev–Trinajstić information content (AvgIpc) is 2.93. The number of sulfonamides is 1. The summed E-state index contributed by atoms with van der Waals surface area (Å²) in [5, 5.41) is -0.0175. The third-order valence-corrected chi connectivity index (χ3v) is 7.62. The Kier molecular flexibility index (Phi) is 7.87. The van der Waals surface area contributed by atoms with E-state index in [0.717, 1.165) is 27.8 Å². The van der Waals surface area contributed by atoms with Gasteiger partial charge in [-0.25, -0.2) is 13.4 Å². The summed E-state index contributed by atoms with van der Waals surface area (Å²) in [5.41, 5.74) is 4.33. The molecule has 0 saturated heterocycles. The van der Waals surface area contributed by atoms with Crippen LogP contribution in [0, 0.1) is 0 Å². The van der Waals surface area contributed by atoms with Gasteiger partial charge in [0, 0.05) is 31.7 Å². The Morgan fingerprint density at radius 3 is 2.33 bits per heavy atom. The van der Waals surface area contributed by atoms with Crippen molar-refractivity contribution < 1.29 is 17.9 Å². The van der Waals surface area contributed by atoms with Crippen molar-refractivity contribution in [2.45, 2.75) is 31.0 Å². The molecule has 4 rings (SSSR count). The van der Waals surface area contributed by atoms with E-state index in [0.29, 0.717) is 0 Å². The first kappa shape index (κ1) is 25.2. The molecule has 0 aliphatic heterocycles. The second-order valence-corrected chi connectivity index (χ2v) is 10.3. The van der Waals surface area contributed by atoms with Gasteiger partial charge in [-0.3, -0.25) is 9.78 Å². The summed E-state index contributed by atoms with van der Waals surface area (Å²) in [6.07, 6.45) is 4.97. The minimum absolute atomic E-state index is 0.0175. The normalized spacial score (nSPS) is 12.3. The van der Waals surface area contributed by atoms with Gasteiger partial charge in [0.2, 0.25) is 0 Å². The Balaban J connectivity index is 1.64. The predicted octanol–water partition coefficient (Wildman–Crippen LogP) is 4.81. The van der Waals surface area contributed by atoms with Gasteiger partial charge in [-0.1, -0.05) is 60.7 Å². The van der Waals surface area contributed by atoms with Crippen molar-refractivity contribution in [3.63, 3.8) is 0 Å². The highest BCUT2D eigenvalue weighted by atomic mass is 32.2. The van der Waals surface area contributed by atoms with Gasteiger partial charge in [0.25, 0.3) is 10.0 Å². The van der Waals surface area contributed by atoms with E-state index >= 15 is 0 Å². The van der Waals surface area contributed by atoms with Gasteiger partial charge in [-0.15, -0.1) is 0 Å². The number of hydrogen-bond donors (Lipinski definition) is 0. The van der Waals surface area contributed by atoms with Gasteiger partial charge in [0.15, 0.2) is 5.03 Å². The Morgan fingerprint density at radius 1 is 0.889 bits per heavy atom. The molecule has 2 aromatic heterocycles. The molecule has 0 amide bonds. The molecular weight excluding hydrogens is 474 g/mol. The molecule has 0 saturated carbocycles. The molecular formula is C28H27N3O4S. The zero-order valence-electron chi connectivity index (χ0n) is 20.1. The molecule has 1 atom stereocenters. The molecule has 0 aliphatic rings. The molecule has 0 radical (unpaired) electrons. The van der Waals surface area contributed by atoms with Crippen LogP contribution in [0.4, 0.5) is 0 Å². The summed E-state index contributed by atoms with van der Waals surface area (Å²) in [5.74, 6) is -0.811. The molecule has 7 nitrogen and oxygen atoms in total. The van der Waals surface area contributed by atoms with Crippen LogP contribution in [0.2, 0.25) is 0 Å². The van der Waals surface area contributed by atoms with E-state index in [1.165, 1.54) is 23.7 Å². The highest BCUT2D eigenvalue weighted by Gasteiger charge is 2.26. The maximum absolute atomic E-state index is 13.6. The molecule has 1 unspecified atom stereocenters. The van der Waals surface area contributed by atoms with E-state index in [2.05, 4.69) is 9.97 Å². The smallest absolute Gasteiger partial charge is 0.312 e. The quantitative estimate of drug-likeness (QED) is 0.306. The zero-order valence-corrected chi connectivity index (χ0v) is 20.9. The number of methoxy groups -OCH3 is 1. The lowest BCUT2D eigenvalue weighted by molar-refractivity contribution is -0.141. The maximum atomic E-state index is 13.6. The number of carbonyl (C=O) groups is 1. The van der Waals surface area contributed by atoms with Crippen molar-refractivity contribution in [2.75, 3.05) is 7.11 Å². The molecule has 0 aliphatic carbocycles. The monoisotopic (exact) mass is 501 g/mol. The highest BCUT2D eigenvalue weighted by Crippen LogP contribution is 2.24. The summed E-state index contributed by atoms with van der Waals surface area (Å²) in [6.45, 7) is 2.03. The van der Waals surface area contributed by atoms with Crippen LogP contribution in [0.5, 0.6) is 0 Å². The van der Waals surface area contributed by atoms with E-state index in [4.69, 9.17) is 4.74 Å². The third kappa shape index (κ3) is 5.84. The lowest BCUT2D eigenvalue weighted by Gasteiger charge is -2.23. The van der Waals surface area contributed by atoms with Gasteiger partial charge in [0.05, 0.1) is 13.0 Å². The number of hydrogen-bond acceptors (Lipinski definition) is 6. The molecule has 36 heavy (non-hydrogen) atoms. The first-order valence-electron chi connectivity index (χ1n) is 11.5. The third-order valence-electron chi connectivity index (χ3n) is 5.91. The standard InChI is InChI=1S/C28H27N3O4S/c1-21(28(32)35-2)25-8-5-7-23(17-25)20-31(36(33,34)27-10-3-4-16-30-27)19-22-11-13-24(14-12-22)26-9-6-15-29-18-26/h3-18,21H,19-20H2,1-2H3. The number of ether oxygens (including phenoxy) is 1. The summed E-state index contributed by atoms with van der Waals surface area (Å²) in [4.78, 5) is 20.3. The molecule has 0 fully saturated rings. The van der Waals surface area contributed by atoms with Gasteiger partial charge in [0.1, 0.15) is 0 Å². The number of benzene rings is 2. The van der Waals surface area contributed by atoms with E-state index < -0.39 is 15.9 Å². The van der Waals surface area contributed by atoms with Crippen molar-refractivity contribution in [1.29, 1.82) is 0 Å². The fourth-order valence-electron chi connectivity index (χ4n) is 3.87. The van der Waals surface area contributed by atoms with Crippen molar-refractivity contribution in [1.82, 2.24) is 14.3 Å². The molecule has 2 aromatic carbocycles. The fraction of sp³-hybridized carbons (Fsp3) is 0.179. The lowest BCUT2D eigenvalue weighted by atomic mass is 9.99. The van der Waals surface area contributed by atoms with Crippen LogP contribution in [0.25, 0.3) is 11.1 Å². The van der Waals surface area contributed by atoms with Crippen molar-refractivity contribution in [3.8, 4) is 11.1 Å². The number of nitrogens with zero attached hydrogens (tertiary/aromatic N) is 3. The second-order valence-electron chi connectivity index (χ2n) is 8.37. The minimum atomic E-state index is -3.89. The molecule has 4 aromatic rings. The molecule has 184 valence electrons. The Hall–Kier alpha value is -3.88. The molecule has 0 N–H and O–H groups in total. The zero-order chi connectivity index (χ0) is 25.5. The number of esters is 1. The van der Waals surface area contributed by atoms with Crippen LogP contribution >= 0.6 is 0 Å². The number of aromatic nitrogens is 2. The van der Waals surface area contributed by atoms with Gasteiger partial charge in [-0.05, 0) is 52.9 Å².